The minimum Gasteiger partial charge on any atom is -0.448 e. The van der Waals surface area contributed by atoms with Crippen molar-refractivity contribution in [3.05, 3.63) is 53.6 Å². The van der Waals surface area contributed by atoms with Crippen LogP contribution in [0.5, 0.6) is 0 Å². The van der Waals surface area contributed by atoms with E-state index in [4.69, 9.17) is 4.74 Å². The van der Waals surface area contributed by atoms with Crippen LogP contribution in [0.2, 0.25) is 0 Å². The Morgan fingerprint density at radius 1 is 1.22 bits per heavy atom. The lowest BCUT2D eigenvalue weighted by Gasteiger charge is -2.13. The molecule has 1 saturated heterocycles. The maximum Gasteiger partial charge on any atom is 0.410 e. The number of rotatable bonds is 4. The van der Waals surface area contributed by atoms with Gasteiger partial charge in [0.2, 0.25) is 0 Å². The summed E-state index contributed by atoms with van der Waals surface area (Å²) < 4.78 is 43.8. The van der Waals surface area contributed by atoms with E-state index in [1.54, 1.807) is 12.3 Å². The van der Waals surface area contributed by atoms with E-state index in [1.165, 1.54) is 17.2 Å². The molecule has 2 heterocycles. The number of amides is 1. The van der Waals surface area contributed by atoms with Crippen molar-refractivity contribution in [3.8, 4) is 11.1 Å². The molecule has 1 aliphatic heterocycles. The molecular formula is C16H13F3N2O2. The van der Waals surface area contributed by atoms with Crippen LogP contribution in [-0.4, -0.2) is 29.1 Å². The van der Waals surface area contributed by atoms with E-state index in [2.05, 4.69) is 4.98 Å². The van der Waals surface area contributed by atoms with Crippen LogP contribution in [0.3, 0.4) is 0 Å². The number of halogens is 3. The Balaban J connectivity index is 1.87. The smallest absolute Gasteiger partial charge is 0.410 e. The quantitative estimate of drug-likeness (QED) is 0.860. The van der Waals surface area contributed by atoms with Crippen molar-refractivity contribution in [2.75, 3.05) is 13.2 Å². The summed E-state index contributed by atoms with van der Waals surface area (Å²) in [6.45, 7) is 1.17. The molecule has 1 aromatic heterocycles. The molecule has 1 fully saturated rings. The number of hydrogen-bond acceptors (Lipinski definition) is 3. The molecule has 0 N–H and O–H groups in total. The highest BCUT2D eigenvalue weighted by molar-refractivity contribution is 5.69. The zero-order valence-electron chi connectivity index (χ0n) is 12.0. The van der Waals surface area contributed by atoms with Gasteiger partial charge in [0.25, 0.3) is 6.43 Å². The lowest BCUT2D eigenvalue weighted by atomic mass is 10.0. The van der Waals surface area contributed by atoms with Gasteiger partial charge in [0, 0.05) is 18.0 Å². The van der Waals surface area contributed by atoms with E-state index in [1.807, 2.05) is 0 Å². The van der Waals surface area contributed by atoms with Crippen molar-refractivity contribution in [2.45, 2.75) is 13.0 Å². The highest BCUT2D eigenvalue weighted by Crippen LogP contribution is 2.28. The molecule has 0 aliphatic carbocycles. The summed E-state index contributed by atoms with van der Waals surface area (Å²) in [5, 5.41) is 0. The molecule has 0 atom stereocenters. The maximum absolute atomic E-state index is 13.4. The van der Waals surface area contributed by atoms with E-state index in [0.717, 1.165) is 17.7 Å². The number of benzene rings is 1. The molecule has 23 heavy (non-hydrogen) atoms. The number of carbonyl (C=O) groups excluding carboxylic acids is 1. The lowest BCUT2D eigenvalue weighted by molar-refractivity contribution is 0.146. The average Bonchev–Trinajstić information content (AvgIpc) is 2.93. The number of aromatic nitrogens is 1. The fourth-order valence-corrected chi connectivity index (χ4v) is 2.41. The summed E-state index contributed by atoms with van der Waals surface area (Å²) in [6.07, 6.45) is -0.177. The minimum atomic E-state index is -2.88. The second-order valence-electron chi connectivity index (χ2n) is 5.15. The average molecular weight is 322 g/mol. The van der Waals surface area contributed by atoms with Crippen molar-refractivity contribution in [2.24, 2.45) is 0 Å². The molecule has 0 bridgehead atoms. The second kappa shape index (κ2) is 6.28. The molecule has 7 heteroatoms. The fourth-order valence-electron chi connectivity index (χ4n) is 2.41. The predicted molar refractivity (Wildman–Crippen MR) is 76.3 cm³/mol. The zero-order valence-corrected chi connectivity index (χ0v) is 12.0. The third-order valence-electron chi connectivity index (χ3n) is 3.58. The lowest BCUT2D eigenvalue weighted by Crippen LogP contribution is -2.23. The standard InChI is InChI=1S/C16H13F3N2O2/c17-14-2-1-11(6-13(14)15(18)19)12-5-10(7-20-8-12)9-21-3-4-23-16(21)22/h1-2,5-8,15H,3-4,9H2. The zero-order chi connectivity index (χ0) is 16.4. The van der Waals surface area contributed by atoms with Crippen LogP contribution < -0.4 is 0 Å². The van der Waals surface area contributed by atoms with Gasteiger partial charge in [-0.1, -0.05) is 6.07 Å². The van der Waals surface area contributed by atoms with Gasteiger partial charge in [0.1, 0.15) is 12.4 Å². The maximum atomic E-state index is 13.4. The molecule has 1 aromatic carbocycles. The van der Waals surface area contributed by atoms with Gasteiger partial charge in [0.05, 0.1) is 18.7 Å². The Labute approximate surface area is 130 Å². The highest BCUT2D eigenvalue weighted by atomic mass is 19.3. The number of carbonyl (C=O) groups is 1. The summed E-state index contributed by atoms with van der Waals surface area (Å²) in [5.74, 6) is -0.937. The van der Waals surface area contributed by atoms with E-state index in [-0.39, 0.29) is 0 Å². The van der Waals surface area contributed by atoms with Gasteiger partial charge in [-0.3, -0.25) is 4.98 Å². The summed E-state index contributed by atoms with van der Waals surface area (Å²) in [7, 11) is 0. The molecule has 0 unspecified atom stereocenters. The minimum absolute atomic E-state index is 0.322. The molecule has 1 aliphatic rings. The molecule has 0 saturated carbocycles. The summed E-state index contributed by atoms with van der Waals surface area (Å²) in [6, 6.07) is 5.29. The normalized spacial score (nSPS) is 14.4. The Hall–Kier alpha value is -2.57. The molecular weight excluding hydrogens is 309 g/mol. The second-order valence-corrected chi connectivity index (χ2v) is 5.15. The van der Waals surface area contributed by atoms with Gasteiger partial charge in [-0.15, -0.1) is 0 Å². The van der Waals surface area contributed by atoms with Crippen LogP contribution in [0.15, 0.2) is 36.7 Å². The van der Waals surface area contributed by atoms with Crippen LogP contribution in [-0.2, 0) is 11.3 Å². The topological polar surface area (TPSA) is 42.4 Å². The SMILES string of the molecule is O=C1OCCN1Cc1cncc(-c2ccc(F)c(C(F)F)c2)c1. The van der Waals surface area contributed by atoms with E-state index >= 15 is 0 Å². The molecule has 4 nitrogen and oxygen atoms in total. The highest BCUT2D eigenvalue weighted by Gasteiger charge is 2.22. The van der Waals surface area contributed by atoms with Crippen molar-refractivity contribution < 1.29 is 22.7 Å². The Morgan fingerprint density at radius 3 is 2.74 bits per heavy atom. The Kier molecular flexibility index (Phi) is 4.18. The number of ether oxygens (including phenoxy) is 1. The van der Waals surface area contributed by atoms with Crippen molar-refractivity contribution >= 4 is 6.09 Å². The van der Waals surface area contributed by atoms with Gasteiger partial charge in [-0.05, 0) is 29.3 Å². The third-order valence-corrected chi connectivity index (χ3v) is 3.58. The van der Waals surface area contributed by atoms with Crippen LogP contribution in [0.1, 0.15) is 17.6 Å². The fraction of sp³-hybridized carbons (Fsp3) is 0.250. The van der Waals surface area contributed by atoms with Crippen molar-refractivity contribution in [1.29, 1.82) is 0 Å². The first-order chi connectivity index (χ1) is 11.0. The number of nitrogens with zero attached hydrogens (tertiary/aromatic N) is 2. The van der Waals surface area contributed by atoms with Crippen molar-refractivity contribution in [1.82, 2.24) is 9.88 Å². The molecule has 0 spiro atoms. The van der Waals surface area contributed by atoms with E-state index in [9.17, 15) is 18.0 Å². The van der Waals surface area contributed by atoms with Crippen LogP contribution in [0.4, 0.5) is 18.0 Å². The van der Waals surface area contributed by atoms with Gasteiger partial charge < -0.3 is 9.64 Å². The number of hydrogen-bond donors (Lipinski definition) is 0. The van der Waals surface area contributed by atoms with Crippen molar-refractivity contribution in [3.63, 3.8) is 0 Å². The summed E-state index contributed by atoms with van der Waals surface area (Å²) >= 11 is 0. The monoisotopic (exact) mass is 322 g/mol. The van der Waals surface area contributed by atoms with Crippen LogP contribution >= 0.6 is 0 Å². The molecule has 1 amide bonds. The number of cyclic esters (lactones) is 1. The third kappa shape index (κ3) is 3.28. The van der Waals surface area contributed by atoms with Gasteiger partial charge >= 0.3 is 6.09 Å². The first kappa shape index (κ1) is 15.3. The van der Waals surface area contributed by atoms with Gasteiger partial charge in [0.15, 0.2) is 0 Å². The molecule has 0 radical (unpaired) electrons. The number of alkyl halides is 2. The number of pyridine rings is 1. The van der Waals surface area contributed by atoms with Crippen LogP contribution in [0.25, 0.3) is 11.1 Å². The predicted octanol–water partition coefficient (Wildman–Crippen LogP) is 3.78. The van der Waals surface area contributed by atoms with E-state index in [0.29, 0.717) is 30.8 Å². The van der Waals surface area contributed by atoms with Gasteiger partial charge in [-0.2, -0.15) is 0 Å². The first-order valence-corrected chi connectivity index (χ1v) is 6.98. The summed E-state index contributed by atoms with van der Waals surface area (Å²) in [4.78, 5) is 17.0. The van der Waals surface area contributed by atoms with Gasteiger partial charge in [-0.25, -0.2) is 18.0 Å². The van der Waals surface area contributed by atoms with E-state index < -0.39 is 23.9 Å². The molecule has 3 rings (SSSR count). The first-order valence-electron chi connectivity index (χ1n) is 6.98. The molecule has 120 valence electrons. The van der Waals surface area contributed by atoms with Crippen LogP contribution in [0, 0.1) is 5.82 Å². The molecule has 2 aromatic rings. The Morgan fingerprint density at radius 2 is 2.04 bits per heavy atom. The largest absolute Gasteiger partial charge is 0.448 e. The summed E-state index contributed by atoms with van der Waals surface area (Å²) in [5.41, 5.74) is 1.12. The Bertz CT molecular complexity index is 737.